The molecule has 2 aromatic heterocycles. The van der Waals surface area contributed by atoms with Gasteiger partial charge >= 0.3 is 0 Å². The smallest absolute Gasteiger partial charge is 0.289 e. The molecule has 2 heterocycles. The number of amides is 2. The molecule has 0 aliphatic heterocycles. The first-order valence-corrected chi connectivity index (χ1v) is 8.57. The average Bonchev–Trinajstić information content (AvgIpc) is 3.27. The van der Waals surface area contributed by atoms with Gasteiger partial charge in [-0.25, -0.2) is 0 Å². The third-order valence-electron chi connectivity index (χ3n) is 4.36. The summed E-state index contributed by atoms with van der Waals surface area (Å²) in [6, 6.07) is 10.5. The molecule has 0 radical (unpaired) electrons. The van der Waals surface area contributed by atoms with Crippen molar-refractivity contribution in [1.29, 1.82) is 0 Å². The van der Waals surface area contributed by atoms with Crippen LogP contribution in [0.1, 0.15) is 37.9 Å². The van der Waals surface area contributed by atoms with Crippen LogP contribution in [0.5, 0.6) is 0 Å². The van der Waals surface area contributed by atoms with Crippen LogP contribution < -0.4 is 5.32 Å². The third kappa shape index (κ3) is 3.92. The van der Waals surface area contributed by atoms with Gasteiger partial charge in [-0.3, -0.25) is 14.7 Å². The van der Waals surface area contributed by atoms with E-state index >= 15 is 0 Å². The van der Waals surface area contributed by atoms with Gasteiger partial charge in [0.05, 0.1) is 5.69 Å². The number of aromatic nitrogens is 2. The van der Waals surface area contributed by atoms with Gasteiger partial charge in [0.2, 0.25) is 0 Å². The van der Waals surface area contributed by atoms with Crippen LogP contribution in [0.15, 0.2) is 40.8 Å². The molecule has 7 heteroatoms. The van der Waals surface area contributed by atoms with Crippen molar-refractivity contribution in [2.75, 3.05) is 14.1 Å². The number of nitrogens with zero attached hydrogens (tertiary/aromatic N) is 2. The lowest BCUT2D eigenvalue weighted by Crippen LogP contribution is -2.23. The second kappa shape index (κ2) is 7.49. The number of hydrogen-bond acceptors (Lipinski definition) is 4. The molecule has 2 N–H and O–H groups in total. The monoisotopic (exact) mass is 366 g/mol. The Bertz CT molecular complexity index is 948. The molecule has 0 aliphatic carbocycles. The van der Waals surface area contributed by atoms with Crippen LogP contribution >= 0.6 is 0 Å². The van der Waals surface area contributed by atoms with E-state index < -0.39 is 0 Å². The van der Waals surface area contributed by atoms with E-state index in [9.17, 15) is 9.59 Å². The van der Waals surface area contributed by atoms with Crippen molar-refractivity contribution in [3.63, 3.8) is 0 Å². The van der Waals surface area contributed by atoms with E-state index in [1.54, 1.807) is 50.5 Å². The van der Waals surface area contributed by atoms with Crippen LogP contribution in [0.4, 0.5) is 0 Å². The molecule has 0 unspecified atom stereocenters. The van der Waals surface area contributed by atoms with E-state index in [4.69, 9.17) is 4.42 Å². The van der Waals surface area contributed by atoms with Crippen LogP contribution in [0.25, 0.3) is 11.3 Å². The van der Waals surface area contributed by atoms with Gasteiger partial charge in [-0.2, -0.15) is 5.10 Å². The number of carbonyl (C=O) groups excluding carboxylic acids is 2. The van der Waals surface area contributed by atoms with Gasteiger partial charge in [-0.15, -0.1) is 0 Å². The first-order valence-electron chi connectivity index (χ1n) is 8.57. The van der Waals surface area contributed by atoms with Gasteiger partial charge in [0.1, 0.15) is 5.76 Å². The lowest BCUT2D eigenvalue weighted by Gasteiger charge is -2.07. The minimum Gasteiger partial charge on any atom is -0.451 e. The van der Waals surface area contributed by atoms with E-state index in [0.717, 1.165) is 22.5 Å². The quantitative estimate of drug-likeness (QED) is 0.726. The number of carbonyl (C=O) groups is 2. The number of benzene rings is 1. The molecule has 140 valence electrons. The number of hydrogen-bond donors (Lipinski definition) is 2. The van der Waals surface area contributed by atoms with Crippen molar-refractivity contribution in [3.8, 4) is 11.3 Å². The summed E-state index contributed by atoms with van der Waals surface area (Å²) < 4.78 is 5.61. The third-order valence-corrected chi connectivity index (χ3v) is 4.36. The molecular weight excluding hydrogens is 344 g/mol. The lowest BCUT2D eigenvalue weighted by molar-refractivity contribution is 0.0797. The van der Waals surface area contributed by atoms with Crippen LogP contribution in [0.3, 0.4) is 0 Å². The van der Waals surface area contributed by atoms with Gasteiger partial charge in [0.25, 0.3) is 11.8 Å². The number of H-pyrrole nitrogens is 1. The lowest BCUT2D eigenvalue weighted by atomic mass is 10.1. The minimum atomic E-state index is -0.193. The number of aryl methyl sites for hydroxylation is 2. The molecule has 3 aromatic rings. The highest BCUT2D eigenvalue weighted by Crippen LogP contribution is 2.23. The maximum Gasteiger partial charge on any atom is 0.289 e. The molecule has 0 saturated heterocycles. The highest BCUT2D eigenvalue weighted by molar-refractivity contribution is 5.94. The van der Waals surface area contributed by atoms with Crippen molar-refractivity contribution in [1.82, 2.24) is 20.4 Å². The number of aromatic amines is 1. The summed E-state index contributed by atoms with van der Waals surface area (Å²) in [7, 11) is 3.34. The fourth-order valence-corrected chi connectivity index (χ4v) is 2.72. The molecule has 0 bridgehead atoms. The van der Waals surface area contributed by atoms with Gasteiger partial charge in [-0.05, 0) is 38.1 Å². The highest BCUT2D eigenvalue weighted by Gasteiger charge is 2.14. The van der Waals surface area contributed by atoms with E-state index in [1.807, 2.05) is 13.8 Å². The Morgan fingerprint density at radius 1 is 1.11 bits per heavy atom. The van der Waals surface area contributed by atoms with Gasteiger partial charge in [0, 0.05) is 43.0 Å². The standard InChI is InChI=1S/C20H22N4O3/c1-12-16(13(2)23-22-12)11-21-19(25)15-7-5-14(6-8-15)17-9-10-18(27-17)20(26)24(3)4/h5-10H,11H2,1-4H3,(H,21,25)(H,22,23). The fraction of sp³-hybridized carbons (Fsp3) is 0.250. The van der Waals surface area contributed by atoms with Gasteiger partial charge < -0.3 is 14.6 Å². The Morgan fingerprint density at radius 2 is 1.81 bits per heavy atom. The minimum absolute atomic E-state index is 0.163. The molecular formula is C20H22N4O3. The molecule has 0 fully saturated rings. The van der Waals surface area contributed by atoms with Crippen molar-refractivity contribution in [2.45, 2.75) is 20.4 Å². The zero-order valence-corrected chi connectivity index (χ0v) is 15.8. The summed E-state index contributed by atoms with van der Waals surface area (Å²) in [5.74, 6) is 0.506. The predicted molar refractivity (Wildman–Crippen MR) is 101 cm³/mol. The SMILES string of the molecule is Cc1n[nH]c(C)c1CNC(=O)c1ccc(-c2ccc(C(=O)N(C)C)o2)cc1. The summed E-state index contributed by atoms with van der Waals surface area (Å²) in [6.45, 7) is 4.25. The van der Waals surface area contributed by atoms with Crippen molar-refractivity contribution < 1.29 is 14.0 Å². The molecule has 0 saturated carbocycles. The zero-order chi connectivity index (χ0) is 19.6. The number of furan rings is 1. The topological polar surface area (TPSA) is 91.2 Å². The van der Waals surface area contributed by atoms with Crippen LogP contribution in [-0.4, -0.2) is 41.0 Å². The Hall–Kier alpha value is -3.35. The van der Waals surface area contributed by atoms with Gasteiger partial charge in [-0.1, -0.05) is 12.1 Å². The second-order valence-corrected chi connectivity index (χ2v) is 6.54. The van der Waals surface area contributed by atoms with Crippen molar-refractivity contribution in [2.24, 2.45) is 0 Å². The van der Waals surface area contributed by atoms with Crippen molar-refractivity contribution in [3.05, 3.63) is 64.7 Å². The van der Waals surface area contributed by atoms with E-state index in [-0.39, 0.29) is 17.6 Å². The molecule has 1 aromatic carbocycles. The largest absolute Gasteiger partial charge is 0.451 e. The first-order chi connectivity index (χ1) is 12.9. The maximum absolute atomic E-state index is 12.4. The van der Waals surface area contributed by atoms with E-state index in [2.05, 4.69) is 15.5 Å². The summed E-state index contributed by atoms with van der Waals surface area (Å²) in [5, 5.41) is 9.93. The Labute approximate surface area is 157 Å². The molecule has 3 rings (SSSR count). The van der Waals surface area contributed by atoms with Crippen molar-refractivity contribution >= 4 is 11.8 Å². The summed E-state index contributed by atoms with van der Waals surface area (Å²) in [4.78, 5) is 25.7. The Morgan fingerprint density at radius 3 is 2.41 bits per heavy atom. The normalized spacial score (nSPS) is 10.7. The van der Waals surface area contributed by atoms with Crippen LogP contribution in [0.2, 0.25) is 0 Å². The molecule has 7 nitrogen and oxygen atoms in total. The molecule has 2 amide bonds. The summed E-state index contributed by atoms with van der Waals surface area (Å²) >= 11 is 0. The molecule has 27 heavy (non-hydrogen) atoms. The summed E-state index contributed by atoms with van der Waals surface area (Å²) in [6.07, 6.45) is 0. The molecule has 0 spiro atoms. The number of rotatable bonds is 5. The van der Waals surface area contributed by atoms with E-state index in [1.165, 1.54) is 4.90 Å². The van der Waals surface area contributed by atoms with E-state index in [0.29, 0.717) is 17.9 Å². The number of nitrogens with one attached hydrogen (secondary N) is 2. The summed E-state index contributed by atoms with van der Waals surface area (Å²) in [5.41, 5.74) is 4.17. The van der Waals surface area contributed by atoms with Gasteiger partial charge in [0.15, 0.2) is 5.76 Å². The van der Waals surface area contributed by atoms with Crippen LogP contribution in [-0.2, 0) is 6.54 Å². The predicted octanol–water partition coefficient (Wildman–Crippen LogP) is 2.92. The van der Waals surface area contributed by atoms with Crippen LogP contribution in [0, 0.1) is 13.8 Å². The second-order valence-electron chi connectivity index (χ2n) is 6.54. The highest BCUT2D eigenvalue weighted by atomic mass is 16.4. The molecule has 0 aliphatic rings. The average molecular weight is 366 g/mol. The first kappa shape index (κ1) is 18.4. The Balaban J connectivity index is 1.68. The maximum atomic E-state index is 12.4. The fourth-order valence-electron chi connectivity index (χ4n) is 2.72. The molecule has 0 atom stereocenters. The Kier molecular flexibility index (Phi) is 5.12. The zero-order valence-electron chi connectivity index (χ0n) is 15.8.